The maximum atomic E-state index is 10.4. The molecule has 1 rings (SSSR count). The fraction of sp³-hybridized carbons (Fsp3) is 0.357. The van der Waals surface area contributed by atoms with Crippen molar-refractivity contribution < 1.29 is 14.6 Å². The van der Waals surface area contributed by atoms with Crippen LogP contribution in [0.2, 0.25) is 0 Å². The number of ether oxygens (including phenoxy) is 1. The van der Waals surface area contributed by atoms with Crippen LogP contribution < -0.4 is 0 Å². The van der Waals surface area contributed by atoms with Crippen molar-refractivity contribution in [1.29, 1.82) is 0 Å². The van der Waals surface area contributed by atoms with E-state index in [1.165, 1.54) is 0 Å². The molecule has 0 aromatic heterocycles. The quantitative estimate of drug-likeness (QED) is 0.736. The Balaban J connectivity index is 2.37. The van der Waals surface area contributed by atoms with E-state index in [0.717, 1.165) is 17.6 Å². The molecular weight excluding hydrogens is 216 g/mol. The van der Waals surface area contributed by atoms with Crippen molar-refractivity contribution >= 4 is 5.97 Å². The first-order valence-corrected chi connectivity index (χ1v) is 5.77. The number of hydrogen-bond donors (Lipinski definition) is 1. The van der Waals surface area contributed by atoms with E-state index >= 15 is 0 Å². The normalized spacial score (nSPS) is 11.2. The highest BCUT2D eigenvalue weighted by atomic mass is 16.5. The van der Waals surface area contributed by atoms with Crippen molar-refractivity contribution in [2.75, 3.05) is 0 Å². The Labute approximate surface area is 102 Å². The summed E-state index contributed by atoms with van der Waals surface area (Å²) in [6.07, 6.45) is 3.23. The molecule has 1 aromatic rings. The molecule has 17 heavy (non-hydrogen) atoms. The Morgan fingerprint density at radius 3 is 2.59 bits per heavy atom. The summed E-state index contributed by atoms with van der Waals surface area (Å²) in [6, 6.07) is 9.89. The smallest absolute Gasteiger partial charge is 0.303 e. The predicted octanol–water partition coefficient (Wildman–Crippen LogP) is 3.36. The summed E-state index contributed by atoms with van der Waals surface area (Å²) < 4.78 is 5.45. The average molecular weight is 234 g/mol. The molecule has 3 heteroatoms. The van der Waals surface area contributed by atoms with E-state index in [9.17, 15) is 4.79 Å². The van der Waals surface area contributed by atoms with E-state index in [0.29, 0.717) is 13.0 Å². The molecule has 0 unspecified atom stereocenters. The Kier molecular flexibility index (Phi) is 5.86. The first-order valence-electron chi connectivity index (χ1n) is 5.77. The molecule has 0 bridgehead atoms. The summed E-state index contributed by atoms with van der Waals surface area (Å²) in [7, 11) is 0. The van der Waals surface area contributed by atoms with Gasteiger partial charge in [0.2, 0.25) is 0 Å². The SMILES string of the molecule is CC/C(=C/OCc1ccccc1)CCC(=O)O. The van der Waals surface area contributed by atoms with Gasteiger partial charge in [-0.1, -0.05) is 37.3 Å². The zero-order valence-electron chi connectivity index (χ0n) is 10.1. The van der Waals surface area contributed by atoms with Gasteiger partial charge in [-0.2, -0.15) is 0 Å². The van der Waals surface area contributed by atoms with Crippen LogP contribution in [0, 0.1) is 0 Å². The van der Waals surface area contributed by atoms with Crippen molar-refractivity contribution in [3.05, 3.63) is 47.7 Å². The lowest BCUT2D eigenvalue weighted by atomic mass is 10.1. The third-order valence-electron chi connectivity index (χ3n) is 2.46. The molecule has 0 amide bonds. The second kappa shape index (κ2) is 7.49. The Bertz CT molecular complexity index is 368. The minimum Gasteiger partial charge on any atom is -0.497 e. The first-order chi connectivity index (χ1) is 8.22. The van der Waals surface area contributed by atoms with E-state index in [2.05, 4.69) is 0 Å². The second-order valence-electron chi connectivity index (χ2n) is 3.82. The van der Waals surface area contributed by atoms with Crippen LogP contribution in [-0.2, 0) is 16.1 Å². The van der Waals surface area contributed by atoms with Crippen LogP contribution in [-0.4, -0.2) is 11.1 Å². The minimum atomic E-state index is -0.771. The van der Waals surface area contributed by atoms with Gasteiger partial charge < -0.3 is 9.84 Å². The number of hydrogen-bond acceptors (Lipinski definition) is 2. The molecule has 0 radical (unpaired) electrons. The molecule has 0 aliphatic heterocycles. The molecule has 0 saturated carbocycles. The van der Waals surface area contributed by atoms with Crippen molar-refractivity contribution in [3.8, 4) is 0 Å². The number of aliphatic carboxylic acids is 1. The average Bonchev–Trinajstić information content (AvgIpc) is 2.34. The maximum Gasteiger partial charge on any atom is 0.303 e. The van der Waals surface area contributed by atoms with Crippen LogP contribution in [0.3, 0.4) is 0 Å². The lowest BCUT2D eigenvalue weighted by Gasteiger charge is -2.05. The Morgan fingerprint density at radius 1 is 1.29 bits per heavy atom. The number of carboxylic acids is 1. The number of carboxylic acid groups (broad SMARTS) is 1. The molecule has 0 aliphatic rings. The van der Waals surface area contributed by atoms with Gasteiger partial charge in [0.15, 0.2) is 0 Å². The van der Waals surface area contributed by atoms with Gasteiger partial charge in [-0.3, -0.25) is 4.79 Å². The highest BCUT2D eigenvalue weighted by Gasteiger charge is 2.00. The van der Waals surface area contributed by atoms with E-state index in [-0.39, 0.29) is 6.42 Å². The molecule has 3 nitrogen and oxygen atoms in total. The van der Waals surface area contributed by atoms with Crippen LogP contribution >= 0.6 is 0 Å². The summed E-state index contributed by atoms with van der Waals surface area (Å²) in [4.78, 5) is 10.4. The molecule has 0 aliphatic carbocycles. The highest BCUT2D eigenvalue weighted by molar-refractivity contribution is 5.67. The summed E-state index contributed by atoms with van der Waals surface area (Å²) in [6.45, 7) is 2.52. The monoisotopic (exact) mass is 234 g/mol. The molecule has 0 spiro atoms. The van der Waals surface area contributed by atoms with Gasteiger partial charge >= 0.3 is 5.97 Å². The lowest BCUT2D eigenvalue weighted by Crippen LogP contribution is -1.96. The fourth-order valence-electron chi connectivity index (χ4n) is 1.42. The summed E-state index contributed by atoms with van der Waals surface area (Å²) in [5, 5.41) is 8.59. The predicted molar refractivity (Wildman–Crippen MR) is 66.5 cm³/mol. The number of carbonyl (C=O) groups is 1. The number of allylic oxidation sites excluding steroid dienone is 1. The van der Waals surface area contributed by atoms with Crippen LogP contribution in [0.15, 0.2) is 42.2 Å². The summed E-state index contributed by atoms with van der Waals surface area (Å²) in [5.74, 6) is -0.771. The Morgan fingerprint density at radius 2 is 2.00 bits per heavy atom. The molecule has 92 valence electrons. The van der Waals surface area contributed by atoms with E-state index < -0.39 is 5.97 Å². The molecule has 1 aromatic carbocycles. The van der Waals surface area contributed by atoms with Crippen LogP contribution in [0.4, 0.5) is 0 Å². The van der Waals surface area contributed by atoms with E-state index in [1.807, 2.05) is 37.3 Å². The van der Waals surface area contributed by atoms with Gasteiger partial charge in [0, 0.05) is 6.42 Å². The number of rotatable bonds is 7. The maximum absolute atomic E-state index is 10.4. The molecule has 0 fully saturated rings. The highest BCUT2D eigenvalue weighted by Crippen LogP contribution is 2.10. The van der Waals surface area contributed by atoms with Gasteiger partial charge in [-0.25, -0.2) is 0 Å². The largest absolute Gasteiger partial charge is 0.497 e. The first kappa shape index (κ1) is 13.3. The molecule has 0 heterocycles. The van der Waals surface area contributed by atoms with Gasteiger partial charge in [-0.15, -0.1) is 0 Å². The second-order valence-corrected chi connectivity index (χ2v) is 3.82. The molecular formula is C14H18O3. The van der Waals surface area contributed by atoms with Gasteiger partial charge in [0.1, 0.15) is 6.61 Å². The number of benzene rings is 1. The zero-order valence-corrected chi connectivity index (χ0v) is 10.1. The van der Waals surface area contributed by atoms with Crippen LogP contribution in [0.5, 0.6) is 0 Å². The van der Waals surface area contributed by atoms with Crippen molar-refractivity contribution in [2.24, 2.45) is 0 Å². The van der Waals surface area contributed by atoms with E-state index in [1.54, 1.807) is 6.26 Å². The van der Waals surface area contributed by atoms with E-state index in [4.69, 9.17) is 9.84 Å². The molecule has 0 saturated heterocycles. The van der Waals surface area contributed by atoms with Crippen molar-refractivity contribution in [1.82, 2.24) is 0 Å². The zero-order chi connectivity index (χ0) is 12.5. The summed E-state index contributed by atoms with van der Waals surface area (Å²) >= 11 is 0. The molecule has 1 N–H and O–H groups in total. The van der Waals surface area contributed by atoms with Crippen LogP contribution in [0.1, 0.15) is 31.7 Å². The van der Waals surface area contributed by atoms with Crippen molar-refractivity contribution in [3.63, 3.8) is 0 Å². The van der Waals surface area contributed by atoms with Gasteiger partial charge in [0.25, 0.3) is 0 Å². The van der Waals surface area contributed by atoms with Gasteiger partial charge in [-0.05, 0) is 24.0 Å². The Hall–Kier alpha value is -1.77. The topological polar surface area (TPSA) is 46.5 Å². The van der Waals surface area contributed by atoms with Crippen molar-refractivity contribution in [2.45, 2.75) is 32.8 Å². The lowest BCUT2D eigenvalue weighted by molar-refractivity contribution is -0.136. The third-order valence-corrected chi connectivity index (χ3v) is 2.46. The van der Waals surface area contributed by atoms with Gasteiger partial charge in [0.05, 0.1) is 6.26 Å². The minimum absolute atomic E-state index is 0.161. The third kappa shape index (κ3) is 5.76. The van der Waals surface area contributed by atoms with Crippen LogP contribution in [0.25, 0.3) is 0 Å². The standard InChI is InChI=1S/C14H18O3/c1-2-12(8-9-14(15)16)10-17-11-13-6-4-3-5-7-13/h3-7,10H,2,8-9,11H2,1H3,(H,15,16)/b12-10-. The molecule has 0 atom stereocenters. The summed E-state index contributed by atoms with van der Waals surface area (Å²) in [5.41, 5.74) is 2.14. The fourth-order valence-corrected chi connectivity index (χ4v) is 1.42.